The lowest BCUT2D eigenvalue weighted by Gasteiger charge is -2.17. The monoisotopic (exact) mass is 497 g/mol. The first-order valence-corrected chi connectivity index (χ1v) is 11.2. The summed E-state index contributed by atoms with van der Waals surface area (Å²) in [6.45, 7) is 0.174. The maximum Gasteiger partial charge on any atom is 0.407 e. The Kier molecular flexibility index (Phi) is 8.61. The molecule has 0 saturated heterocycles. The summed E-state index contributed by atoms with van der Waals surface area (Å²) >= 11 is 0. The van der Waals surface area contributed by atoms with E-state index < -0.39 is 23.6 Å². The average Bonchev–Trinajstić information content (AvgIpc) is 3.24. The molecule has 0 radical (unpaired) electrons. The Hall–Kier alpha value is -4.41. The number of amides is 3. The second-order valence-electron chi connectivity index (χ2n) is 8.27. The van der Waals surface area contributed by atoms with Crippen LogP contribution in [0.5, 0.6) is 0 Å². The van der Waals surface area contributed by atoms with Gasteiger partial charge < -0.3 is 29.8 Å². The molecule has 3 N–H and O–H groups in total. The number of H-pyrrole nitrogens is 1. The molecule has 0 fully saturated rings. The van der Waals surface area contributed by atoms with Gasteiger partial charge in [0.25, 0.3) is 5.56 Å². The van der Waals surface area contributed by atoms with Crippen LogP contribution in [0.1, 0.15) is 18.5 Å². The van der Waals surface area contributed by atoms with Gasteiger partial charge in [-0.2, -0.15) is 0 Å². The van der Waals surface area contributed by atoms with Crippen molar-refractivity contribution in [3.63, 3.8) is 0 Å². The fraction of sp³-hybridized carbons (Fsp3) is 0.280. The van der Waals surface area contributed by atoms with Crippen LogP contribution in [-0.4, -0.2) is 59.6 Å². The quantitative estimate of drug-likeness (QED) is 0.392. The molecule has 3 aromatic rings. The van der Waals surface area contributed by atoms with Crippen LogP contribution in [0, 0.1) is 5.82 Å². The predicted molar refractivity (Wildman–Crippen MR) is 133 cm³/mol. The number of hydrogen-bond acceptors (Lipinski definition) is 5. The summed E-state index contributed by atoms with van der Waals surface area (Å²) in [7, 11) is 4.41. The normalized spacial score (nSPS) is 11.9. The number of benzene rings is 1. The number of carbonyl (C=O) groups is 3. The molecule has 0 aliphatic heterocycles. The van der Waals surface area contributed by atoms with E-state index in [1.165, 1.54) is 40.9 Å². The smallest absolute Gasteiger partial charge is 0.407 e. The van der Waals surface area contributed by atoms with Crippen LogP contribution in [0.25, 0.3) is 10.9 Å². The second kappa shape index (κ2) is 11.8. The standard InChI is InChI=1S/C25H28FN5O5/c1-30(2)22(32)9-5-4-7-20(29-25(35)36-3)23(33)28-21-8-6-12-31(24(21)34)15-18-14-16-13-17(26)10-11-19(16)27-18/h5-6,8-14,20,27H,4,7,15H2,1-3H3,(H,28,33)(H,29,35). The van der Waals surface area contributed by atoms with Gasteiger partial charge in [-0.3, -0.25) is 14.4 Å². The van der Waals surface area contributed by atoms with E-state index in [1.807, 2.05) is 0 Å². The number of rotatable bonds is 9. The number of hydrogen-bond donors (Lipinski definition) is 3. The van der Waals surface area contributed by atoms with Crippen LogP contribution in [0.15, 0.2) is 59.5 Å². The molecule has 3 rings (SSSR count). The molecule has 10 nitrogen and oxygen atoms in total. The number of pyridine rings is 1. The summed E-state index contributed by atoms with van der Waals surface area (Å²) in [5.41, 5.74) is 0.996. The van der Waals surface area contributed by atoms with Gasteiger partial charge in [-0.1, -0.05) is 6.08 Å². The maximum atomic E-state index is 13.5. The largest absolute Gasteiger partial charge is 0.453 e. The summed E-state index contributed by atoms with van der Waals surface area (Å²) in [6, 6.07) is 8.18. The van der Waals surface area contributed by atoms with Crippen molar-refractivity contribution in [3.8, 4) is 0 Å². The van der Waals surface area contributed by atoms with Gasteiger partial charge in [-0.05, 0) is 55.3 Å². The number of allylic oxidation sites excluding steroid dienone is 1. The van der Waals surface area contributed by atoms with E-state index >= 15 is 0 Å². The molecule has 36 heavy (non-hydrogen) atoms. The van der Waals surface area contributed by atoms with Crippen molar-refractivity contribution in [3.05, 3.63) is 76.6 Å². The number of nitrogens with one attached hydrogen (secondary N) is 3. The Labute approximate surface area is 206 Å². The predicted octanol–water partition coefficient (Wildman–Crippen LogP) is 2.60. The molecule has 2 heterocycles. The van der Waals surface area contributed by atoms with Crippen molar-refractivity contribution < 1.29 is 23.5 Å². The molecule has 1 aromatic carbocycles. The van der Waals surface area contributed by atoms with E-state index in [0.29, 0.717) is 17.5 Å². The fourth-order valence-corrected chi connectivity index (χ4v) is 3.47. The minimum Gasteiger partial charge on any atom is -0.453 e. The van der Waals surface area contributed by atoms with E-state index in [4.69, 9.17) is 0 Å². The molecule has 3 amide bonds. The Morgan fingerprint density at radius 3 is 2.72 bits per heavy atom. The van der Waals surface area contributed by atoms with Crippen LogP contribution in [0.3, 0.4) is 0 Å². The van der Waals surface area contributed by atoms with E-state index in [1.54, 1.807) is 44.6 Å². The summed E-state index contributed by atoms with van der Waals surface area (Å²) in [4.78, 5) is 53.8. The highest BCUT2D eigenvalue weighted by atomic mass is 19.1. The average molecular weight is 498 g/mol. The number of carbonyl (C=O) groups excluding carboxylic acids is 3. The van der Waals surface area contributed by atoms with Gasteiger partial charge in [-0.25, -0.2) is 9.18 Å². The molecular weight excluding hydrogens is 469 g/mol. The molecule has 11 heteroatoms. The Morgan fingerprint density at radius 1 is 1.22 bits per heavy atom. The highest BCUT2D eigenvalue weighted by molar-refractivity contribution is 5.96. The Morgan fingerprint density at radius 2 is 2.00 bits per heavy atom. The van der Waals surface area contributed by atoms with E-state index in [9.17, 15) is 23.6 Å². The van der Waals surface area contributed by atoms with Gasteiger partial charge in [-0.15, -0.1) is 0 Å². The third kappa shape index (κ3) is 6.81. The van der Waals surface area contributed by atoms with Gasteiger partial charge >= 0.3 is 6.09 Å². The van der Waals surface area contributed by atoms with Crippen molar-refractivity contribution in [2.24, 2.45) is 0 Å². The van der Waals surface area contributed by atoms with Gasteiger partial charge in [0, 0.05) is 36.9 Å². The number of aromatic nitrogens is 2. The van der Waals surface area contributed by atoms with E-state index in [-0.39, 0.29) is 30.4 Å². The van der Waals surface area contributed by atoms with Gasteiger partial charge in [0.05, 0.1) is 13.7 Å². The maximum absolute atomic E-state index is 13.5. The topological polar surface area (TPSA) is 126 Å². The minimum absolute atomic E-state index is 0.0275. The molecule has 190 valence electrons. The first kappa shape index (κ1) is 26.2. The molecule has 0 aliphatic rings. The van der Waals surface area contributed by atoms with Gasteiger partial charge in [0.2, 0.25) is 11.8 Å². The highest BCUT2D eigenvalue weighted by Crippen LogP contribution is 2.17. The summed E-state index contributed by atoms with van der Waals surface area (Å²) in [6.07, 6.45) is 4.24. The summed E-state index contributed by atoms with van der Waals surface area (Å²) in [5.74, 6) is -1.17. The molecule has 0 spiro atoms. The summed E-state index contributed by atoms with van der Waals surface area (Å²) in [5, 5.41) is 5.69. The van der Waals surface area contributed by atoms with Crippen molar-refractivity contribution in [2.75, 3.05) is 26.5 Å². The zero-order valence-electron chi connectivity index (χ0n) is 20.2. The third-order valence-electron chi connectivity index (χ3n) is 5.37. The number of alkyl carbamates (subject to hydrolysis) is 1. The van der Waals surface area contributed by atoms with Crippen molar-refractivity contribution in [2.45, 2.75) is 25.4 Å². The minimum atomic E-state index is -1.01. The lowest BCUT2D eigenvalue weighted by atomic mass is 10.1. The second-order valence-corrected chi connectivity index (χ2v) is 8.27. The molecule has 0 aliphatic carbocycles. The number of likely N-dealkylation sites (N-methyl/N-ethyl adjacent to an activating group) is 1. The molecule has 0 bridgehead atoms. The number of nitrogens with zero attached hydrogens (tertiary/aromatic N) is 2. The molecule has 1 atom stereocenters. The van der Waals surface area contributed by atoms with Crippen LogP contribution < -0.4 is 16.2 Å². The molecule has 2 aromatic heterocycles. The zero-order chi connectivity index (χ0) is 26.2. The Balaban J connectivity index is 1.73. The number of ether oxygens (including phenoxy) is 1. The first-order valence-electron chi connectivity index (χ1n) is 11.2. The summed E-state index contributed by atoms with van der Waals surface area (Å²) < 4.78 is 19.5. The van der Waals surface area contributed by atoms with Crippen LogP contribution in [0.2, 0.25) is 0 Å². The third-order valence-corrected chi connectivity index (χ3v) is 5.37. The van der Waals surface area contributed by atoms with E-state index in [0.717, 1.165) is 5.52 Å². The molecule has 1 unspecified atom stereocenters. The van der Waals surface area contributed by atoms with Gasteiger partial charge in [0.15, 0.2) is 0 Å². The molecule has 0 saturated carbocycles. The fourth-order valence-electron chi connectivity index (χ4n) is 3.47. The Bertz CT molecular complexity index is 1340. The van der Waals surface area contributed by atoms with Crippen molar-refractivity contribution in [1.29, 1.82) is 0 Å². The number of anilines is 1. The van der Waals surface area contributed by atoms with Crippen molar-refractivity contribution >= 4 is 34.5 Å². The van der Waals surface area contributed by atoms with Gasteiger partial charge in [0.1, 0.15) is 17.5 Å². The van der Waals surface area contributed by atoms with E-state index in [2.05, 4.69) is 20.4 Å². The number of aromatic amines is 1. The SMILES string of the molecule is COC(=O)NC(CCC=CC(=O)N(C)C)C(=O)Nc1cccn(Cc2cc3cc(F)ccc3[nH]2)c1=O. The zero-order valence-corrected chi connectivity index (χ0v) is 20.2. The lowest BCUT2D eigenvalue weighted by Crippen LogP contribution is -2.44. The number of fused-ring (bicyclic) bond motifs is 1. The molecular formula is C25H28FN5O5. The number of halogens is 1. The van der Waals surface area contributed by atoms with Crippen LogP contribution >= 0.6 is 0 Å². The van der Waals surface area contributed by atoms with Crippen LogP contribution in [0.4, 0.5) is 14.9 Å². The van der Waals surface area contributed by atoms with Crippen LogP contribution in [-0.2, 0) is 20.9 Å². The lowest BCUT2D eigenvalue weighted by molar-refractivity contribution is -0.123. The van der Waals surface area contributed by atoms with Crippen molar-refractivity contribution in [1.82, 2.24) is 19.8 Å². The first-order chi connectivity index (χ1) is 17.2. The highest BCUT2D eigenvalue weighted by Gasteiger charge is 2.22. The number of methoxy groups -OCH3 is 1.